The molecule has 3 heteroatoms. The second-order valence-corrected chi connectivity index (χ2v) is 3.26. The number of carbonyl (C=O) groups is 1. The highest BCUT2D eigenvalue weighted by atomic mass is 16.5. The normalized spacial score (nSPS) is 34.7. The van der Waals surface area contributed by atoms with Crippen molar-refractivity contribution in [3.63, 3.8) is 0 Å². The van der Waals surface area contributed by atoms with E-state index < -0.39 is 0 Å². The molecule has 3 nitrogen and oxygen atoms in total. The number of carbonyl (C=O) groups excluding carboxylic acids is 1. The van der Waals surface area contributed by atoms with E-state index in [0.29, 0.717) is 6.61 Å². The van der Waals surface area contributed by atoms with E-state index in [-0.39, 0.29) is 11.5 Å². The fourth-order valence-corrected chi connectivity index (χ4v) is 1.18. The van der Waals surface area contributed by atoms with Crippen LogP contribution in [0.1, 0.15) is 13.8 Å². The van der Waals surface area contributed by atoms with Crippen molar-refractivity contribution in [2.75, 3.05) is 19.7 Å². The van der Waals surface area contributed by atoms with Crippen LogP contribution in [0, 0.1) is 5.92 Å². The molecule has 0 bridgehead atoms. The maximum absolute atomic E-state index is 10.5. The lowest BCUT2D eigenvalue weighted by atomic mass is 9.91. The Labute approximate surface area is 67.1 Å². The summed E-state index contributed by atoms with van der Waals surface area (Å²) in [7, 11) is 0. The quantitative estimate of drug-likeness (QED) is 0.582. The van der Waals surface area contributed by atoms with Crippen molar-refractivity contribution in [3.05, 3.63) is 0 Å². The number of ether oxygens (including phenoxy) is 1. The van der Waals surface area contributed by atoms with E-state index in [0.717, 1.165) is 19.4 Å². The van der Waals surface area contributed by atoms with E-state index in [1.807, 2.05) is 13.8 Å². The van der Waals surface area contributed by atoms with Gasteiger partial charge in [0.15, 0.2) is 0 Å². The number of rotatable bonds is 2. The van der Waals surface area contributed by atoms with Gasteiger partial charge in [0, 0.05) is 19.0 Å². The van der Waals surface area contributed by atoms with Crippen LogP contribution in [-0.2, 0) is 9.53 Å². The van der Waals surface area contributed by atoms with Crippen LogP contribution < -0.4 is 5.32 Å². The summed E-state index contributed by atoms with van der Waals surface area (Å²) >= 11 is 0. The molecule has 64 valence electrons. The molecule has 0 aromatic heterocycles. The summed E-state index contributed by atoms with van der Waals surface area (Å²) in [5, 5.41) is 3.21. The zero-order valence-electron chi connectivity index (χ0n) is 7.09. The highest BCUT2D eigenvalue weighted by Crippen LogP contribution is 2.20. The summed E-state index contributed by atoms with van der Waals surface area (Å²) in [5.41, 5.74) is -0.292. The first kappa shape index (κ1) is 8.68. The molecular formula is C8H15NO2. The van der Waals surface area contributed by atoms with Gasteiger partial charge in [-0.05, 0) is 6.92 Å². The Bertz CT molecular complexity index is 141. The largest absolute Gasteiger partial charge is 0.372 e. The minimum atomic E-state index is -0.292. The van der Waals surface area contributed by atoms with Gasteiger partial charge in [0.25, 0.3) is 0 Å². The van der Waals surface area contributed by atoms with E-state index in [4.69, 9.17) is 4.74 Å². The van der Waals surface area contributed by atoms with Gasteiger partial charge in [0.2, 0.25) is 0 Å². The minimum absolute atomic E-state index is 0.0321. The molecule has 11 heavy (non-hydrogen) atoms. The zero-order chi connectivity index (χ0) is 8.32. The predicted octanol–water partition coefficient (Wildman–Crippen LogP) is 0.200. The topological polar surface area (TPSA) is 38.3 Å². The molecular weight excluding hydrogens is 142 g/mol. The van der Waals surface area contributed by atoms with Gasteiger partial charge >= 0.3 is 0 Å². The summed E-state index contributed by atoms with van der Waals surface area (Å²) in [6.45, 7) is 6.22. The summed E-state index contributed by atoms with van der Waals surface area (Å²) in [6.07, 6.45) is 0.951. The maximum atomic E-state index is 10.5. The van der Waals surface area contributed by atoms with Crippen LogP contribution >= 0.6 is 0 Å². The predicted molar refractivity (Wildman–Crippen MR) is 42.5 cm³/mol. The van der Waals surface area contributed by atoms with Crippen molar-refractivity contribution >= 4 is 6.29 Å². The van der Waals surface area contributed by atoms with E-state index in [2.05, 4.69) is 5.32 Å². The Kier molecular flexibility index (Phi) is 2.62. The van der Waals surface area contributed by atoms with Crippen LogP contribution in [0.5, 0.6) is 0 Å². The van der Waals surface area contributed by atoms with Gasteiger partial charge in [-0.15, -0.1) is 0 Å². The second-order valence-electron chi connectivity index (χ2n) is 3.26. The molecule has 1 rings (SSSR count). The maximum Gasteiger partial charge on any atom is 0.125 e. The first-order valence-corrected chi connectivity index (χ1v) is 3.99. The van der Waals surface area contributed by atoms with Gasteiger partial charge in [-0.25, -0.2) is 0 Å². The average Bonchev–Trinajstić information content (AvgIpc) is 2.04. The van der Waals surface area contributed by atoms with Crippen molar-refractivity contribution in [2.24, 2.45) is 5.92 Å². The Morgan fingerprint density at radius 1 is 1.73 bits per heavy atom. The number of nitrogens with one attached hydrogen (secondary N) is 1. The lowest BCUT2D eigenvalue weighted by molar-refractivity contribution is -0.127. The molecule has 0 aliphatic carbocycles. The van der Waals surface area contributed by atoms with Crippen LogP contribution in [0.25, 0.3) is 0 Å². The standard InChI is InChI=1S/C8H15NO2/c1-7(5-10)8(2)6-9-3-4-11-8/h5,7,9H,3-4,6H2,1-2H3. The Morgan fingerprint density at radius 2 is 2.45 bits per heavy atom. The first-order chi connectivity index (χ1) is 5.19. The lowest BCUT2D eigenvalue weighted by Gasteiger charge is -2.36. The third-order valence-corrected chi connectivity index (χ3v) is 2.35. The molecule has 1 aliphatic heterocycles. The summed E-state index contributed by atoms with van der Waals surface area (Å²) in [4.78, 5) is 10.5. The monoisotopic (exact) mass is 157 g/mol. The van der Waals surface area contributed by atoms with Gasteiger partial charge < -0.3 is 14.8 Å². The SMILES string of the molecule is CC(C=O)C1(C)CNCCO1. The lowest BCUT2D eigenvalue weighted by Crippen LogP contribution is -2.52. The molecule has 0 saturated carbocycles. The van der Waals surface area contributed by atoms with Gasteiger partial charge in [0.05, 0.1) is 12.2 Å². The number of morpholine rings is 1. The number of aldehydes is 1. The molecule has 0 aromatic rings. The van der Waals surface area contributed by atoms with Crippen molar-refractivity contribution < 1.29 is 9.53 Å². The Balaban J connectivity index is 2.55. The summed E-state index contributed by atoms with van der Waals surface area (Å²) < 4.78 is 5.52. The fourth-order valence-electron chi connectivity index (χ4n) is 1.18. The van der Waals surface area contributed by atoms with Crippen molar-refractivity contribution in [1.29, 1.82) is 0 Å². The van der Waals surface area contributed by atoms with E-state index in [1.165, 1.54) is 0 Å². The Hall–Kier alpha value is -0.410. The summed E-state index contributed by atoms with van der Waals surface area (Å²) in [5.74, 6) is -0.0321. The molecule has 0 radical (unpaired) electrons. The second kappa shape index (κ2) is 3.32. The molecule has 1 saturated heterocycles. The average molecular weight is 157 g/mol. The highest BCUT2D eigenvalue weighted by molar-refractivity contribution is 5.55. The van der Waals surface area contributed by atoms with Crippen LogP contribution in [0.15, 0.2) is 0 Å². The molecule has 2 unspecified atom stereocenters. The highest BCUT2D eigenvalue weighted by Gasteiger charge is 2.33. The molecule has 1 fully saturated rings. The van der Waals surface area contributed by atoms with Crippen molar-refractivity contribution in [2.45, 2.75) is 19.4 Å². The molecule has 1 N–H and O–H groups in total. The number of hydrogen-bond donors (Lipinski definition) is 1. The van der Waals surface area contributed by atoms with Crippen LogP contribution in [0.3, 0.4) is 0 Å². The fraction of sp³-hybridized carbons (Fsp3) is 0.875. The van der Waals surface area contributed by atoms with Gasteiger partial charge in [-0.1, -0.05) is 6.92 Å². The van der Waals surface area contributed by atoms with Crippen LogP contribution in [0.2, 0.25) is 0 Å². The van der Waals surface area contributed by atoms with Gasteiger partial charge in [0.1, 0.15) is 6.29 Å². The summed E-state index contributed by atoms with van der Waals surface area (Å²) in [6, 6.07) is 0. The molecule has 1 aliphatic rings. The smallest absolute Gasteiger partial charge is 0.125 e. The molecule has 0 amide bonds. The third kappa shape index (κ3) is 1.79. The van der Waals surface area contributed by atoms with Gasteiger partial charge in [-0.3, -0.25) is 0 Å². The van der Waals surface area contributed by atoms with Crippen LogP contribution in [0.4, 0.5) is 0 Å². The third-order valence-electron chi connectivity index (χ3n) is 2.35. The molecule has 0 aromatic carbocycles. The van der Waals surface area contributed by atoms with Gasteiger partial charge in [-0.2, -0.15) is 0 Å². The number of hydrogen-bond acceptors (Lipinski definition) is 3. The van der Waals surface area contributed by atoms with Crippen LogP contribution in [-0.4, -0.2) is 31.6 Å². The Morgan fingerprint density at radius 3 is 2.91 bits per heavy atom. The van der Waals surface area contributed by atoms with Crippen molar-refractivity contribution in [1.82, 2.24) is 5.32 Å². The van der Waals surface area contributed by atoms with E-state index in [1.54, 1.807) is 0 Å². The zero-order valence-corrected chi connectivity index (χ0v) is 7.09. The molecule has 2 atom stereocenters. The van der Waals surface area contributed by atoms with Crippen molar-refractivity contribution in [3.8, 4) is 0 Å². The first-order valence-electron chi connectivity index (χ1n) is 3.99. The van der Waals surface area contributed by atoms with E-state index in [9.17, 15) is 4.79 Å². The molecule has 0 spiro atoms. The minimum Gasteiger partial charge on any atom is -0.372 e. The molecule has 1 heterocycles. The van der Waals surface area contributed by atoms with E-state index >= 15 is 0 Å².